The number of anilines is 1. The summed E-state index contributed by atoms with van der Waals surface area (Å²) < 4.78 is 16.1. The first-order chi connectivity index (χ1) is 17.3. The summed E-state index contributed by atoms with van der Waals surface area (Å²) in [4.78, 5) is 29.2. The summed E-state index contributed by atoms with van der Waals surface area (Å²) in [5.41, 5.74) is 11.3. The van der Waals surface area contributed by atoms with Crippen LogP contribution >= 0.6 is 11.3 Å². The molecule has 1 aliphatic heterocycles. The molecule has 186 valence electrons. The molecule has 2 aromatic heterocycles. The average Bonchev–Trinajstić information content (AvgIpc) is 3.43. The van der Waals surface area contributed by atoms with Crippen LogP contribution in [-0.2, 0) is 12.8 Å². The highest BCUT2D eigenvalue weighted by molar-refractivity contribution is 7.18. The number of benzene rings is 2. The number of halogens is 1. The molecule has 2 aromatic carbocycles. The van der Waals surface area contributed by atoms with Gasteiger partial charge in [0.15, 0.2) is 11.6 Å². The first kappa shape index (κ1) is 24.5. The van der Waals surface area contributed by atoms with Crippen LogP contribution in [0.5, 0.6) is 0 Å². The van der Waals surface area contributed by atoms with Crippen LogP contribution < -0.4 is 10.6 Å². The molecule has 0 spiro atoms. The van der Waals surface area contributed by atoms with Crippen molar-refractivity contribution in [1.82, 2.24) is 15.0 Å². The van der Waals surface area contributed by atoms with Gasteiger partial charge in [-0.3, -0.25) is 4.79 Å². The van der Waals surface area contributed by atoms with Gasteiger partial charge in [-0.15, -0.1) is 11.3 Å². The number of aromatic nitrogens is 3. The number of Topliss-reactive ketones (excluding diaryl/α,β-unsaturated/α-hetero) is 1. The quantitative estimate of drug-likeness (QED) is 0.339. The van der Waals surface area contributed by atoms with Crippen LogP contribution in [0.3, 0.4) is 0 Å². The van der Waals surface area contributed by atoms with Crippen molar-refractivity contribution in [2.75, 3.05) is 18.0 Å². The summed E-state index contributed by atoms with van der Waals surface area (Å²) in [5, 5.41) is 0.987. The van der Waals surface area contributed by atoms with E-state index < -0.39 is 0 Å². The molecule has 0 amide bonds. The molecule has 1 aliphatic rings. The van der Waals surface area contributed by atoms with Gasteiger partial charge in [0.1, 0.15) is 17.0 Å². The maximum atomic E-state index is 15.0. The SMILES string of the molecule is CCCc1cc(C)c(-c2nccc(C(=O)Cc3ccc4sc(C)nc4c3N3CC[C@@H](N)C3)n2)c(F)c1. The first-order valence-electron chi connectivity index (χ1n) is 12.4. The van der Waals surface area contributed by atoms with Crippen LogP contribution in [0.4, 0.5) is 10.1 Å². The summed E-state index contributed by atoms with van der Waals surface area (Å²) in [5.74, 6) is -0.273. The second-order valence-electron chi connectivity index (χ2n) is 9.53. The maximum absolute atomic E-state index is 15.0. The highest BCUT2D eigenvalue weighted by Gasteiger charge is 2.26. The molecule has 8 heteroatoms. The van der Waals surface area contributed by atoms with Crippen LogP contribution in [0, 0.1) is 19.7 Å². The minimum atomic E-state index is -0.361. The predicted octanol–water partition coefficient (Wildman–Crippen LogP) is 5.42. The molecule has 2 N–H and O–H groups in total. The molecule has 36 heavy (non-hydrogen) atoms. The van der Waals surface area contributed by atoms with E-state index in [4.69, 9.17) is 10.7 Å². The minimum Gasteiger partial charge on any atom is -0.368 e. The van der Waals surface area contributed by atoms with Crippen LogP contribution in [-0.4, -0.2) is 39.9 Å². The second-order valence-corrected chi connectivity index (χ2v) is 10.8. The van der Waals surface area contributed by atoms with Crippen LogP contribution in [0.25, 0.3) is 21.6 Å². The summed E-state index contributed by atoms with van der Waals surface area (Å²) in [6.45, 7) is 7.49. The van der Waals surface area contributed by atoms with Gasteiger partial charge in [-0.05, 0) is 61.6 Å². The highest BCUT2D eigenvalue weighted by Crippen LogP contribution is 2.36. The van der Waals surface area contributed by atoms with E-state index in [1.165, 1.54) is 6.20 Å². The van der Waals surface area contributed by atoms with Crippen molar-refractivity contribution in [3.05, 3.63) is 69.7 Å². The Kier molecular flexibility index (Phi) is 6.81. The number of fused-ring (bicyclic) bond motifs is 1. The number of nitrogens with zero attached hydrogens (tertiary/aromatic N) is 4. The number of carbonyl (C=O) groups excluding carboxylic acids is 1. The van der Waals surface area contributed by atoms with Gasteiger partial charge in [0.05, 0.1) is 21.0 Å². The van der Waals surface area contributed by atoms with Crippen molar-refractivity contribution < 1.29 is 9.18 Å². The van der Waals surface area contributed by atoms with Gasteiger partial charge in [0.2, 0.25) is 0 Å². The Morgan fingerprint density at radius 1 is 1.22 bits per heavy atom. The van der Waals surface area contributed by atoms with Crippen molar-refractivity contribution >= 4 is 33.0 Å². The van der Waals surface area contributed by atoms with Crippen molar-refractivity contribution in [2.45, 2.75) is 52.5 Å². The van der Waals surface area contributed by atoms with Crippen molar-refractivity contribution in [3.63, 3.8) is 0 Å². The fourth-order valence-electron chi connectivity index (χ4n) is 5.05. The molecule has 6 nitrogen and oxygen atoms in total. The topological polar surface area (TPSA) is 85.0 Å². The molecular formula is C28H30FN5OS. The molecule has 5 rings (SSSR count). The molecular weight excluding hydrogens is 473 g/mol. The normalized spacial score (nSPS) is 15.7. The van der Waals surface area contributed by atoms with Crippen LogP contribution in [0.15, 0.2) is 36.5 Å². The molecule has 0 bridgehead atoms. The lowest BCUT2D eigenvalue weighted by atomic mass is 10.0. The fraction of sp³-hybridized carbons (Fsp3) is 0.357. The fourth-order valence-corrected chi connectivity index (χ4v) is 5.88. The molecule has 1 saturated heterocycles. The van der Waals surface area contributed by atoms with E-state index in [2.05, 4.69) is 21.8 Å². The van der Waals surface area contributed by atoms with E-state index in [0.717, 1.165) is 70.0 Å². The smallest absolute Gasteiger partial charge is 0.185 e. The molecule has 0 aliphatic carbocycles. The molecule has 0 saturated carbocycles. The Morgan fingerprint density at radius 2 is 2.06 bits per heavy atom. The van der Waals surface area contributed by atoms with Gasteiger partial charge >= 0.3 is 0 Å². The zero-order valence-electron chi connectivity index (χ0n) is 20.8. The third-order valence-corrected chi connectivity index (χ3v) is 7.60. The largest absolute Gasteiger partial charge is 0.368 e. The van der Waals surface area contributed by atoms with Gasteiger partial charge in [0, 0.05) is 31.7 Å². The molecule has 0 radical (unpaired) electrons. The van der Waals surface area contributed by atoms with Gasteiger partial charge in [-0.1, -0.05) is 25.5 Å². The van der Waals surface area contributed by atoms with E-state index in [-0.39, 0.29) is 35.6 Å². The van der Waals surface area contributed by atoms with Crippen molar-refractivity contribution in [1.29, 1.82) is 0 Å². The van der Waals surface area contributed by atoms with E-state index in [1.54, 1.807) is 23.5 Å². The van der Waals surface area contributed by atoms with E-state index in [9.17, 15) is 4.79 Å². The summed E-state index contributed by atoms with van der Waals surface area (Å²) in [6.07, 6.45) is 4.35. The second kappa shape index (κ2) is 10.0. The number of nitrogens with two attached hydrogens (primary N) is 1. The summed E-state index contributed by atoms with van der Waals surface area (Å²) in [7, 11) is 0. The first-order valence-corrected chi connectivity index (χ1v) is 13.2. The van der Waals surface area contributed by atoms with Gasteiger partial charge in [-0.2, -0.15) is 0 Å². The number of carbonyl (C=O) groups is 1. The Hall–Kier alpha value is -3.23. The Labute approximate surface area is 214 Å². The number of hydrogen-bond donors (Lipinski definition) is 1. The number of hydrogen-bond acceptors (Lipinski definition) is 7. The molecule has 3 heterocycles. The Bertz CT molecular complexity index is 1430. The van der Waals surface area contributed by atoms with E-state index >= 15 is 4.39 Å². The number of ketones is 1. The zero-order chi connectivity index (χ0) is 25.4. The Morgan fingerprint density at radius 3 is 2.78 bits per heavy atom. The minimum absolute atomic E-state index is 0.106. The maximum Gasteiger partial charge on any atom is 0.185 e. The number of aryl methyl sites for hydroxylation is 3. The lowest BCUT2D eigenvalue weighted by Gasteiger charge is -2.22. The lowest BCUT2D eigenvalue weighted by molar-refractivity contribution is 0.0988. The molecule has 1 fully saturated rings. The zero-order valence-corrected chi connectivity index (χ0v) is 21.7. The third kappa shape index (κ3) is 4.75. The van der Waals surface area contributed by atoms with E-state index in [1.807, 2.05) is 32.0 Å². The van der Waals surface area contributed by atoms with Crippen molar-refractivity contribution in [3.8, 4) is 11.4 Å². The van der Waals surface area contributed by atoms with Crippen LogP contribution in [0.1, 0.15) is 52.0 Å². The molecule has 1 atom stereocenters. The standard InChI is InChI=1S/C28H30FN5OS/c1-4-5-18-12-16(2)25(21(29)13-18)28-31-10-8-22(33-28)23(35)14-19-6-7-24-26(32-17(3)36-24)27(19)34-11-9-20(30)15-34/h6-8,10,12-13,20H,4-5,9,11,14-15,30H2,1-3H3/t20-/m1/s1. The third-order valence-electron chi connectivity index (χ3n) is 6.67. The molecule has 0 unspecified atom stereocenters. The molecule has 4 aromatic rings. The number of rotatable bonds is 7. The number of thiazole rings is 1. The van der Waals surface area contributed by atoms with Crippen molar-refractivity contribution in [2.24, 2.45) is 5.73 Å². The summed E-state index contributed by atoms with van der Waals surface area (Å²) >= 11 is 1.65. The average molecular weight is 504 g/mol. The van der Waals surface area contributed by atoms with E-state index in [0.29, 0.717) is 5.56 Å². The monoisotopic (exact) mass is 503 g/mol. The predicted molar refractivity (Wildman–Crippen MR) is 143 cm³/mol. The summed E-state index contributed by atoms with van der Waals surface area (Å²) in [6, 6.07) is 9.26. The lowest BCUT2D eigenvalue weighted by Crippen LogP contribution is -2.27. The van der Waals surface area contributed by atoms with Gasteiger partial charge < -0.3 is 10.6 Å². The van der Waals surface area contributed by atoms with Crippen LogP contribution in [0.2, 0.25) is 0 Å². The highest BCUT2D eigenvalue weighted by atomic mass is 32.1. The Balaban J connectivity index is 1.48. The van der Waals surface area contributed by atoms with Gasteiger partial charge in [-0.25, -0.2) is 19.3 Å². The van der Waals surface area contributed by atoms with Gasteiger partial charge in [0.25, 0.3) is 0 Å².